The van der Waals surface area contributed by atoms with E-state index in [2.05, 4.69) is 10.2 Å². The highest BCUT2D eigenvalue weighted by Crippen LogP contribution is 2.32. The molecule has 0 bridgehead atoms. The number of morpholine rings is 1. The summed E-state index contributed by atoms with van der Waals surface area (Å²) in [5.41, 5.74) is 2.22. The fourth-order valence-corrected chi connectivity index (χ4v) is 4.43. The zero-order valence-corrected chi connectivity index (χ0v) is 18.0. The maximum Gasteiger partial charge on any atom is 0.246 e. The van der Waals surface area contributed by atoms with Gasteiger partial charge >= 0.3 is 0 Å². The highest BCUT2D eigenvalue weighted by atomic mass is 35.5. The average molecular weight is 448 g/mol. The standard InChI is InChI=1S/C22H23Cl2N3O3/c23-15-3-8-18(19(24)14-15)21(26-10-12-30-13-11-26)22(29)25-16-4-6-17(7-5-16)27-9-1-2-20(27)28/h3-8,14,21H,1-2,9-13H2,(H,25,29)/t21-/m1/s1. The zero-order valence-electron chi connectivity index (χ0n) is 16.4. The fourth-order valence-electron chi connectivity index (χ4n) is 3.92. The van der Waals surface area contributed by atoms with Gasteiger partial charge in [0.2, 0.25) is 11.8 Å². The number of hydrogen-bond acceptors (Lipinski definition) is 4. The van der Waals surface area contributed by atoms with Gasteiger partial charge in [-0.2, -0.15) is 0 Å². The van der Waals surface area contributed by atoms with Gasteiger partial charge in [0.25, 0.3) is 0 Å². The van der Waals surface area contributed by atoms with Crippen LogP contribution in [0.4, 0.5) is 11.4 Å². The smallest absolute Gasteiger partial charge is 0.246 e. The SMILES string of the molecule is O=C(Nc1ccc(N2CCCC2=O)cc1)[C@@H](c1ccc(Cl)cc1Cl)N1CCOCC1. The number of anilines is 2. The first-order valence-corrected chi connectivity index (χ1v) is 10.8. The van der Waals surface area contributed by atoms with Crippen LogP contribution in [0.15, 0.2) is 42.5 Å². The van der Waals surface area contributed by atoms with Crippen molar-refractivity contribution in [1.82, 2.24) is 4.90 Å². The number of ether oxygens (including phenoxy) is 1. The van der Waals surface area contributed by atoms with Crippen molar-refractivity contribution in [3.8, 4) is 0 Å². The summed E-state index contributed by atoms with van der Waals surface area (Å²) in [4.78, 5) is 29.1. The number of benzene rings is 2. The van der Waals surface area contributed by atoms with E-state index in [1.54, 1.807) is 23.1 Å². The summed E-state index contributed by atoms with van der Waals surface area (Å²) in [7, 11) is 0. The van der Waals surface area contributed by atoms with E-state index in [0.29, 0.717) is 54.0 Å². The van der Waals surface area contributed by atoms with Crippen LogP contribution in [0.2, 0.25) is 10.0 Å². The summed E-state index contributed by atoms with van der Waals surface area (Å²) >= 11 is 12.5. The van der Waals surface area contributed by atoms with Crippen molar-refractivity contribution >= 4 is 46.4 Å². The lowest BCUT2D eigenvalue weighted by Crippen LogP contribution is -2.44. The number of carbonyl (C=O) groups excluding carboxylic acids is 2. The van der Waals surface area contributed by atoms with E-state index in [1.807, 2.05) is 24.3 Å². The minimum absolute atomic E-state index is 0.136. The summed E-state index contributed by atoms with van der Waals surface area (Å²) in [6.07, 6.45) is 1.46. The van der Waals surface area contributed by atoms with Crippen molar-refractivity contribution < 1.29 is 14.3 Å². The highest BCUT2D eigenvalue weighted by Gasteiger charge is 2.31. The predicted octanol–water partition coefficient (Wildman–Crippen LogP) is 4.13. The maximum absolute atomic E-state index is 13.3. The van der Waals surface area contributed by atoms with Gasteiger partial charge in [-0.05, 0) is 48.4 Å². The number of carbonyl (C=O) groups is 2. The molecule has 158 valence electrons. The van der Waals surface area contributed by atoms with Crippen molar-refractivity contribution in [3.63, 3.8) is 0 Å². The molecule has 0 aromatic heterocycles. The van der Waals surface area contributed by atoms with Gasteiger partial charge in [0, 0.05) is 47.5 Å². The third kappa shape index (κ3) is 4.62. The first-order chi connectivity index (χ1) is 14.5. The van der Waals surface area contributed by atoms with Gasteiger partial charge in [-0.1, -0.05) is 29.3 Å². The van der Waals surface area contributed by atoms with E-state index in [9.17, 15) is 9.59 Å². The van der Waals surface area contributed by atoms with Gasteiger partial charge in [0.05, 0.1) is 13.2 Å². The molecule has 0 radical (unpaired) electrons. The first kappa shape index (κ1) is 21.1. The molecule has 2 aromatic carbocycles. The monoisotopic (exact) mass is 447 g/mol. The number of rotatable bonds is 5. The second kappa shape index (κ2) is 9.35. The van der Waals surface area contributed by atoms with E-state index >= 15 is 0 Å². The average Bonchev–Trinajstić information content (AvgIpc) is 3.17. The largest absolute Gasteiger partial charge is 0.379 e. The maximum atomic E-state index is 13.3. The summed E-state index contributed by atoms with van der Waals surface area (Å²) in [5.74, 6) is -0.0392. The Balaban J connectivity index is 1.54. The second-order valence-electron chi connectivity index (χ2n) is 7.40. The van der Waals surface area contributed by atoms with Crippen molar-refractivity contribution in [3.05, 3.63) is 58.1 Å². The van der Waals surface area contributed by atoms with Crippen LogP contribution in [0.5, 0.6) is 0 Å². The van der Waals surface area contributed by atoms with Crippen LogP contribution in [0, 0.1) is 0 Å². The molecule has 4 rings (SSSR count). The van der Waals surface area contributed by atoms with Crippen molar-refractivity contribution in [2.45, 2.75) is 18.9 Å². The van der Waals surface area contributed by atoms with Gasteiger partial charge < -0.3 is 15.0 Å². The van der Waals surface area contributed by atoms with E-state index in [0.717, 1.165) is 18.7 Å². The lowest BCUT2D eigenvalue weighted by Gasteiger charge is -2.34. The molecule has 30 heavy (non-hydrogen) atoms. The van der Waals surface area contributed by atoms with Gasteiger partial charge in [0.15, 0.2) is 0 Å². The summed E-state index contributed by atoms with van der Waals surface area (Å²) in [6.45, 7) is 3.12. The number of amides is 2. The topological polar surface area (TPSA) is 61.9 Å². The molecule has 2 aliphatic heterocycles. The first-order valence-electron chi connectivity index (χ1n) is 10.0. The molecule has 2 aliphatic rings. The molecule has 2 amide bonds. The lowest BCUT2D eigenvalue weighted by atomic mass is 10.0. The Hall–Kier alpha value is -2.12. The summed E-state index contributed by atoms with van der Waals surface area (Å²) in [6, 6.07) is 12.0. The molecule has 2 heterocycles. The van der Waals surface area contributed by atoms with Crippen LogP contribution in [0.1, 0.15) is 24.4 Å². The van der Waals surface area contributed by atoms with Gasteiger partial charge in [0.1, 0.15) is 6.04 Å². The normalized spacial score (nSPS) is 18.5. The lowest BCUT2D eigenvalue weighted by molar-refractivity contribution is -0.123. The number of hydrogen-bond donors (Lipinski definition) is 1. The van der Waals surface area contributed by atoms with Crippen LogP contribution in [0.3, 0.4) is 0 Å². The second-order valence-corrected chi connectivity index (χ2v) is 8.25. The number of nitrogens with one attached hydrogen (secondary N) is 1. The van der Waals surface area contributed by atoms with Gasteiger partial charge in [-0.25, -0.2) is 0 Å². The number of halogens is 2. The molecule has 2 fully saturated rings. The molecule has 0 unspecified atom stereocenters. The molecule has 1 N–H and O–H groups in total. The van der Waals surface area contributed by atoms with Crippen molar-refractivity contribution in [2.24, 2.45) is 0 Å². The fraction of sp³-hybridized carbons (Fsp3) is 0.364. The molecular weight excluding hydrogens is 425 g/mol. The van der Waals surface area contributed by atoms with Crippen LogP contribution >= 0.6 is 23.2 Å². The van der Waals surface area contributed by atoms with Gasteiger partial charge in [-0.15, -0.1) is 0 Å². The Labute approximate surface area is 185 Å². The number of nitrogens with zero attached hydrogens (tertiary/aromatic N) is 2. The predicted molar refractivity (Wildman–Crippen MR) is 118 cm³/mol. The Morgan fingerprint density at radius 1 is 1.03 bits per heavy atom. The minimum atomic E-state index is -0.557. The third-order valence-corrected chi connectivity index (χ3v) is 6.00. The van der Waals surface area contributed by atoms with E-state index in [1.165, 1.54) is 0 Å². The molecule has 8 heteroatoms. The molecule has 0 saturated carbocycles. The zero-order chi connectivity index (χ0) is 21.1. The van der Waals surface area contributed by atoms with Crippen LogP contribution in [-0.2, 0) is 14.3 Å². The Kier molecular flexibility index (Phi) is 6.58. The Bertz CT molecular complexity index is 930. The molecule has 0 spiro atoms. The van der Waals surface area contributed by atoms with Gasteiger partial charge in [-0.3, -0.25) is 14.5 Å². The van der Waals surface area contributed by atoms with E-state index in [4.69, 9.17) is 27.9 Å². The Morgan fingerprint density at radius 2 is 1.77 bits per heavy atom. The third-order valence-electron chi connectivity index (χ3n) is 5.44. The van der Waals surface area contributed by atoms with Crippen LogP contribution in [-0.4, -0.2) is 49.6 Å². The van der Waals surface area contributed by atoms with Crippen LogP contribution < -0.4 is 10.2 Å². The van der Waals surface area contributed by atoms with Crippen molar-refractivity contribution in [2.75, 3.05) is 43.1 Å². The minimum Gasteiger partial charge on any atom is -0.379 e. The summed E-state index contributed by atoms with van der Waals surface area (Å²) in [5, 5.41) is 3.97. The molecule has 2 aromatic rings. The molecule has 6 nitrogen and oxygen atoms in total. The van der Waals surface area contributed by atoms with Crippen LogP contribution in [0.25, 0.3) is 0 Å². The Morgan fingerprint density at radius 3 is 2.40 bits per heavy atom. The van der Waals surface area contributed by atoms with E-state index < -0.39 is 6.04 Å². The molecular formula is C22H23Cl2N3O3. The van der Waals surface area contributed by atoms with Crippen molar-refractivity contribution in [1.29, 1.82) is 0 Å². The molecule has 1 atom stereocenters. The highest BCUT2D eigenvalue weighted by molar-refractivity contribution is 6.35. The molecule has 0 aliphatic carbocycles. The quantitative estimate of drug-likeness (QED) is 0.747. The van der Waals surface area contributed by atoms with E-state index in [-0.39, 0.29) is 11.8 Å². The summed E-state index contributed by atoms with van der Waals surface area (Å²) < 4.78 is 5.44. The molecule has 2 saturated heterocycles.